The van der Waals surface area contributed by atoms with Gasteiger partial charge in [0.05, 0.1) is 12.1 Å². The number of carbonyl (C=O) groups excluding carboxylic acids is 1. The summed E-state index contributed by atoms with van der Waals surface area (Å²) in [6.45, 7) is 6.18. The van der Waals surface area contributed by atoms with Gasteiger partial charge in [-0.2, -0.15) is 0 Å². The first-order chi connectivity index (χ1) is 9.85. The molecule has 0 bridgehead atoms. The minimum Gasteiger partial charge on any atom is -0.491 e. The number of unbranched alkanes of at least 4 members (excludes halogenated alkanes) is 1. The number of hydrogen-bond acceptors (Lipinski definition) is 3. The van der Waals surface area contributed by atoms with Crippen LogP contribution in [0.1, 0.15) is 40.0 Å². The number of ether oxygens (including phenoxy) is 1. The Labute approximate surface area is 125 Å². The van der Waals surface area contributed by atoms with Crippen LogP contribution in [0.4, 0.5) is 4.39 Å². The van der Waals surface area contributed by atoms with Crippen molar-refractivity contribution in [3.8, 4) is 5.75 Å². The van der Waals surface area contributed by atoms with E-state index < -0.39 is 5.54 Å². The molecule has 0 saturated heterocycles. The predicted octanol–water partition coefficient (Wildman–Crippen LogP) is 2.62. The molecule has 118 valence electrons. The average molecular weight is 296 g/mol. The second kappa shape index (κ2) is 7.98. The van der Waals surface area contributed by atoms with Gasteiger partial charge < -0.3 is 15.8 Å². The van der Waals surface area contributed by atoms with Crippen molar-refractivity contribution in [1.29, 1.82) is 0 Å². The van der Waals surface area contributed by atoms with Crippen LogP contribution in [0.5, 0.6) is 5.75 Å². The van der Waals surface area contributed by atoms with E-state index in [0.29, 0.717) is 13.0 Å². The van der Waals surface area contributed by atoms with Crippen LogP contribution in [0, 0.1) is 5.82 Å². The minimum absolute atomic E-state index is 0.178. The first kappa shape index (κ1) is 17.4. The highest BCUT2D eigenvalue weighted by atomic mass is 19.1. The van der Waals surface area contributed by atoms with Crippen molar-refractivity contribution in [2.24, 2.45) is 5.73 Å². The van der Waals surface area contributed by atoms with Gasteiger partial charge in [0, 0.05) is 6.04 Å². The molecule has 0 aliphatic heterocycles. The molecule has 0 aromatic heterocycles. The van der Waals surface area contributed by atoms with Gasteiger partial charge >= 0.3 is 0 Å². The van der Waals surface area contributed by atoms with E-state index in [1.807, 2.05) is 20.8 Å². The molecule has 1 aromatic rings. The molecule has 4 nitrogen and oxygen atoms in total. The quantitative estimate of drug-likeness (QED) is 0.688. The second-order valence-corrected chi connectivity index (χ2v) is 5.73. The topological polar surface area (TPSA) is 64.3 Å². The van der Waals surface area contributed by atoms with Gasteiger partial charge in [-0.05, 0) is 52.2 Å². The molecule has 21 heavy (non-hydrogen) atoms. The molecule has 1 unspecified atom stereocenters. The van der Waals surface area contributed by atoms with Crippen molar-refractivity contribution >= 4 is 5.91 Å². The number of halogens is 1. The summed E-state index contributed by atoms with van der Waals surface area (Å²) in [7, 11) is 0. The molecule has 0 aliphatic rings. The van der Waals surface area contributed by atoms with Crippen molar-refractivity contribution in [1.82, 2.24) is 5.32 Å². The lowest BCUT2D eigenvalue weighted by Crippen LogP contribution is -2.55. The van der Waals surface area contributed by atoms with Crippen LogP contribution < -0.4 is 15.8 Å². The van der Waals surface area contributed by atoms with Crippen LogP contribution in [0.3, 0.4) is 0 Å². The van der Waals surface area contributed by atoms with Crippen molar-refractivity contribution in [3.05, 3.63) is 30.1 Å². The Bertz CT molecular complexity index is 465. The highest BCUT2D eigenvalue weighted by molar-refractivity contribution is 5.84. The smallest absolute Gasteiger partial charge is 0.237 e. The lowest BCUT2D eigenvalue weighted by atomic mass is 9.93. The highest BCUT2D eigenvalue weighted by Gasteiger charge is 2.30. The van der Waals surface area contributed by atoms with Crippen LogP contribution in [-0.2, 0) is 4.79 Å². The molecule has 0 radical (unpaired) electrons. The van der Waals surface area contributed by atoms with Crippen molar-refractivity contribution in [2.45, 2.75) is 51.6 Å². The van der Waals surface area contributed by atoms with Gasteiger partial charge in [-0.3, -0.25) is 4.79 Å². The molecule has 0 heterocycles. The zero-order valence-electron chi connectivity index (χ0n) is 13.0. The van der Waals surface area contributed by atoms with Crippen LogP contribution in [0.25, 0.3) is 0 Å². The van der Waals surface area contributed by atoms with Crippen molar-refractivity contribution < 1.29 is 13.9 Å². The van der Waals surface area contributed by atoms with Crippen LogP contribution >= 0.6 is 0 Å². The van der Waals surface area contributed by atoms with Gasteiger partial charge in [-0.15, -0.1) is 0 Å². The third-order valence-corrected chi connectivity index (χ3v) is 3.32. The average Bonchev–Trinajstić information content (AvgIpc) is 2.39. The largest absolute Gasteiger partial charge is 0.491 e. The Morgan fingerprint density at radius 1 is 1.38 bits per heavy atom. The summed E-state index contributed by atoms with van der Waals surface area (Å²) >= 11 is 0. The number of nitrogens with one attached hydrogen (secondary N) is 1. The summed E-state index contributed by atoms with van der Waals surface area (Å²) in [6.07, 6.45) is 2.13. The molecule has 0 aliphatic carbocycles. The first-order valence-electron chi connectivity index (χ1n) is 7.30. The van der Waals surface area contributed by atoms with E-state index in [2.05, 4.69) is 5.32 Å². The predicted molar refractivity (Wildman–Crippen MR) is 81.6 cm³/mol. The molecular weight excluding hydrogens is 271 g/mol. The van der Waals surface area contributed by atoms with Gasteiger partial charge in [-0.1, -0.05) is 12.1 Å². The van der Waals surface area contributed by atoms with E-state index in [9.17, 15) is 9.18 Å². The van der Waals surface area contributed by atoms with Crippen molar-refractivity contribution in [2.75, 3.05) is 6.61 Å². The van der Waals surface area contributed by atoms with Crippen LogP contribution in [0.2, 0.25) is 0 Å². The maximum Gasteiger partial charge on any atom is 0.237 e. The molecule has 0 saturated carbocycles. The number of primary amides is 1. The third kappa shape index (κ3) is 5.71. The summed E-state index contributed by atoms with van der Waals surface area (Å²) in [6, 6.07) is 6.50. The molecule has 1 amide bonds. The summed E-state index contributed by atoms with van der Waals surface area (Å²) in [4.78, 5) is 11.6. The molecule has 1 atom stereocenters. The minimum atomic E-state index is -0.716. The van der Waals surface area contributed by atoms with Gasteiger partial charge in [0.2, 0.25) is 5.91 Å². The number of rotatable bonds is 9. The van der Waals surface area contributed by atoms with E-state index in [0.717, 1.165) is 12.8 Å². The zero-order chi connectivity index (χ0) is 15.9. The van der Waals surface area contributed by atoms with E-state index in [1.165, 1.54) is 6.07 Å². The van der Waals surface area contributed by atoms with E-state index >= 15 is 0 Å². The molecule has 0 fully saturated rings. The standard InChI is InChI=1S/C16H25FN2O2/c1-12(2)19-16(3,15(18)20)10-6-7-11-21-14-9-5-4-8-13(14)17/h4-5,8-9,12,19H,6-7,10-11H2,1-3H3,(H2,18,20). The number of amides is 1. The maximum atomic E-state index is 13.3. The van der Waals surface area contributed by atoms with Crippen LogP contribution in [0.15, 0.2) is 24.3 Å². The van der Waals surface area contributed by atoms with Crippen LogP contribution in [-0.4, -0.2) is 24.1 Å². The normalized spacial score (nSPS) is 14.0. The Kier molecular flexibility index (Phi) is 6.62. The Morgan fingerprint density at radius 3 is 2.62 bits per heavy atom. The van der Waals surface area contributed by atoms with Gasteiger partial charge in [0.25, 0.3) is 0 Å². The fraction of sp³-hybridized carbons (Fsp3) is 0.562. The molecule has 5 heteroatoms. The molecular formula is C16H25FN2O2. The molecule has 0 spiro atoms. The van der Waals surface area contributed by atoms with E-state index in [1.54, 1.807) is 18.2 Å². The number of benzene rings is 1. The third-order valence-electron chi connectivity index (χ3n) is 3.32. The highest BCUT2D eigenvalue weighted by Crippen LogP contribution is 2.17. The fourth-order valence-corrected chi connectivity index (χ4v) is 2.23. The number of carbonyl (C=O) groups is 1. The summed E-state index contributed by atoms with van der Waals surface area (Å²) in [5, 5.41) is 3.20. The lowest BCUT2D eigenvalue weighted by Gasteiger charge is -2.29. The van der Waals surface area contributed by atoms with Crippen molar-refractivity contribution in [3.63, 3.8) is 0 Å². The molecule has 1 rings (SSSR count). The fourth-order valence-electron chi connectivity index (χ4n) is 2.23. The monoisotopic (exact) mass is 296 g/mol. The summed E-state index contributed by atoms with van der Waals surface area (Å²) in [5.74, 6) is -0.456. The number of para-hydroxylation sites is 1. The lowest BCUT2D eigenvalue weighted by molar-refractivity contribution is -0.124. The summed E-state index contributed by atoms with van der Waals surface area (Å²) < 4.78 is 18.7. The zero-order valence-corrected chi connectivity index (χ0v) is 13.0. The number of nitrogens with two attached hydrogens (primary N) is 1. The van der Waals surface area contributed by atoms with Gasteiger partial charge in [0.15, 0.2) is 11.6 Å². The number of hydrogen-bond donors (Lipinski definition) is 2. The van der Waals surface area contributed by atoms with Gasteiger partial charge in [-0.25, -0.2) is 4.39 Å². The Morgan fingerprint density at radius 2 is 2.05 bits per heavy atom. The van der Waals surface area contributed by atoms with E-state index in [-0.39, 0.29) is 23.5 Å². The molecule has 3 N–H and O–H groups in total. The summed E-state index contributed by atoms with van der Waals surface area (Å²) in [5.41, 5.74) is 4.75. The Balaban J connectivity index is 2.35. The van der Waals surface area contributed by atoms with E-state index in [4.69, 9.17) is 10.5 Å². The second-order valence-electron chi connectivity index (χ2n) is 5.73. The van der Waals surface area contributed by atoms with Gasteiger partial charge in [0.1, 0.15) is 0 Å². The molecule has 1 aromatic carbocycles. The Hall–Kier alpha value is -1.62. The maximum absolute atomic E-state index is 13.3. The SMILES string of the molecule is CC(C)NC(C)(CCCCOc1ccccc1F)C(N)=O. The first-order valence-corrected chi connectivity index (χ1v) is 7.30.